The average molecular weight is 250 g/mol. The largest absolute Gasteiger partial charge is 0.508 e. The third-order valence-corrected chi connectivity index (χ3v) is 2.48. The van der Waals surface area contributed by atoms with Gasteiger partial charge in [-0.25, -0.2) is 0 Å². The third-order valence-electron chi connectivity index (χ3n) is 2.48. The predicted octanol–water partition coefficient (Wildman–Crippen LogP) is 1.78. The fourth-order valence-electron chi connectivity index (χ4n) is 1.49. The summed E-state index contributed by atoms with van der Waals surface area (Å²) in [5.74, 6) is 0.200. The first-order chi connectivity index (χ1) is 8.29. The van der Waals surface area contributed by atoms with Crippen LogP contribution in [0.3, 0.4) is 0 Å². The molecule has 1 atom stereocenters. The second-order valence-corrected chi connectivity index (χ2v) is 5.47. The summed E-state index contributed by atoms with van der Waals surface area (Å²) in [6.07, 6.45) is 0. The van der Waals surface area contributed by atoms with Crippen molar-refractivity contribution < 1.29 is 9.90 Å². The van der Waals surface area contributed by atoms with Crippen molar-refractivity contribution in [2.75, 3.05) is 0 Å². The molecule has 100 valence electrons. The number of phenolic OH excluding ortho intramolecular Hbond substituents is 1. The Balaban J connectivity index is 2.49. The van der Waals surface area contributed by atoms with Crippen LogP contribution in [0.4, 0.5) is 0 Å². The Bertz CT molecular complexity index is 411. The minimum Gasteiger partial charge on any atom is -0.508 e. The maximum atomic E-state index is 11.8. The fraction of sp³-hybridized carbons (Fsp3) is 0.500. The van der Waals surface area contributed by atoms with Gasteiger partial charge < -0.3 is 15.7 Å². The summed E-state index contributed by atoms with van der Waals surface area (Å²) in [7, 11) is 0. The zero-order valence-electron chi connectivity index (χ0n) is 11.4. The standard InChI is InChI=1S/C14H22N2O2/c1-10(13(18)16-14(2,3)4)15-9-11-7-5-6-8-12(11)17/h5-8,10,15,17H,9H2,1-4H3,(H,16,18). The number of carbonyl (C=O) groups is 1. The molecular formula is C14H22N2O2. The number of rotatable bonds is 4. The molecule has 1 rings (SSSR count). The first kappa shape index (κ1) is 14.5. The van der Waals surface area contributed by atoms with Crippen LogP contribution in [0, 0.1) is 0 Å². The van der Waals surface area contributed by atoms with Gasteiger partial charge >= 0.3 is 0 Å². The number of hydrogen-bond acceptors (Lipinski definition) is 3. The second-order valence-electron chi connectivity index (χ2n) is 5.47. The van der Waals surface area contributed by atoms with Crippen molar-refractivity contribution in [3.63, 3.8) is 0 Å². The maximum absolute atomic E-state index is 11.8. The summed E-state index contributed by atoms with van der Waals surface area (Å²) in [6, 6.07) is 6.79. The summed E-state index contributed by atoms with van der Waals surface area (Å²) in [5.41, 5.74) is 0.551. The van der Waals surface area contributed by atoms with Crippen LogP contribution in [0.15, 0.2) is 24.3 Å². The van der Waals surface area contributed by atoms with Gasteiger partial charge in [-0.2, -0.15) is 0 Å². The number of benzene rings is 1. The molecule has 0 spiro atoms. The molecule has 0 saturated carbocycles. The van der Waals surface area contributed by atoms with Gasteiger partial charge in [-0.3, -0.25) is 4.79 Å². The van der Waals surface area contributed by atoms with Gasteiger partial charge in [0, 0.05) is 17.6 Å². The highest BCUT2D eigenvalue weighted by Gasteiger charge is 2.18. The highest BCUT2D eigenvalue weighted by atomic mass is 16.3. The van der Waals surface area contributed by atoms with E-state index in [1.165, 1.54) is 0 Å². The van der Waals surface area contributed by atoms with E-state index in [1.54, 1.807) is 19.1 Å². The van der Waals surface area contributed by atoms with E-state index >= 15 is 0 Å². The van der Waals surface area contributed by atoms with Crippen LogP contribution in [0.5, 0.6) is 5.75 Å². The van der Waals surface area contributed by atoms with Crippen molar-refractivity contribution in [1.82, 2.24) is 10.6 Å². The number of amides is 1. The minimum atomic E-state index is -0.302. The fourth-order valence-corrected chi connectivity index (χ4v) is 1.49. The van der Waals surface area contributed by atoms with Gasteiger partial charge in [0.25, 0.3) is 0 Å². The van der Waals surface area contributed by atoms with Gasteiger partial charge in [0.05, 0.1) is 6.04 Å². The van der Waals surface area contributed by atoms with Crippen molar-refractivity contribution in [3.05, 3.63) is 29.8 Å². The molecule has 4 nitrogen and oxygen atoms in total. The Labute approximate surface area is 108 Å². The first-order valence-electron chi connectivity index (χ1n) is 6.12. The second kappa shape index (κ2) is 5.87. The van der Waals surface area contributed by atoms with E-state index in [9.17, 15) is 9.90 Å². The van der Waals surface area contributed by atoms with E-state index in [4.69, 9.17) is 0 Å². The smallest absolute Gasteiger partial charge is 0.237 e. The monoisotopic (exact) mass is 250 g/mol. The molecule has 0 aliphatic heterocycles. The highest BCUT2D eigenvalue weighted by Crippen LogP contribution is 2.15. The van der Waals surface area contributed by atoms with Crippen LogP contribution in [0.1, 0.15) is 33.3 Å². The van der Waals surface area contributed by atoms with E-state index in [0.717, 1.165) is 5.56 Å². The van der Waals surface area contributed by atoms with E-state index in [0.29, 0.717) is 6.54 Å². The number of hydrogen-bond donors (Lipinski definition) is 3. The Morgan fingerprint density at radius 1 is 1.33 bits per heavy atom. The Morgan fingerprint density at radius 2 is 1.94 bits per heavy atom. The summed E-state index contributed by atoms with van der Waals surface area (Å²) in [5, 5.41) is 15.6. The lowest BCUT2D eigenvalue weighted by Crippen LogP contribution is -2.49. The number of phenols is 1. The van der Waals surface area contributed by atoms with Crippen LogP contribution in [0.25, 0.3) is 0 Å². The molecule has 1 amide bonds. The summed E-state index contributed by atoms with van der Waals surface area (Å²) in [4.78, 5) is 11.8. The number of carbonyl (C=O) groups excluding carboxylic acids is 1. The lowest BCUT2D eigenvalue weighted by atomic mass is 10.1. The quantitative estimate of drug-likeness (QED) is 0.763. The Hall–Kier alpha value is -1.55. The van der Waals surface area contributed by atoms with E-state index < -0.39 is 0 Å². The molecule has 4 heteroatoms. The van der Waals surface area contributed by atoms with E-state index in [-0.39, 0.29) is 23.2 Å². The van der Waals surface area contributed by atoms with Crippen molar-refractivity contribution >= 4 is 5.91 Å². The normalized spacial score (nSPS) is 13.1. The average Bonchev–Trinajstić information content (AvgIpc) is 2.25. The molecule has 1 unspecified atom stereocenters. The zero-order chi connectivity index (χ0) is 13.8. The van der Waals surface area contributed by atoms with Crippen molar-refractivity contribution in [2.45, 2.75) is 45.8 Å². The van der Waals surface area contributed by atoms with Gasteiger partial charge in [0.15, 0.2) is 0 Å². The molecule has 0 fully saturated rings. The zero-order valence-corrected chi connectivity index (χ0v) is 11.4. The first-order valence-corrected chi connectivity index (χ1v) is 6.12. The van der Waals surface area contributed by atoms with Gasteiger partial charge in [-0.15, -0.1) is 0 Å². The minimum absolute atomic E-state index is 0.0436. The van der Waals surface area contributed by atoms with Crippen molar-refractivity contribution in [1.29, 1.82) is 0 Å². The van der Waals surface area contributed by atoms with Gasteiger partial charge in [0.2, 0.25) is 5.91 Å². The summed E-state index contributed by atoms with van der Waals surface area (Å²) >= 11 is 0. The number of para-hydroxylation sites is 1. The Kier molecular flexibility index (Phi) is 4.73. The lowest BCUT2D eigenvalue weighted by Gasteiger charge is -2.23. The predicted molar refractivity (Wildman–Crippen MR) is 72.3 cm³/mol. The molecule has 3 N–H and O–H groups in total. The van der Waals surface area contributed by atoms with E-state index in [1.807, 2.05) is 32.9 Å². The molecule has 0 aromatic heterocycles. The van der Waals surface area contributed by atoms with Gasteiger partial charge in [-0.1, -0.05) is 18.2 Å². The molecule has 0 bridgehead atoms. The molecule has 1 aromatic rings. The van der Waals surface area contributed by atoms with E-state index in [2.05, 4.69) is 10.6 Å². The third kappa shape index (κ3) is 4.75. The van der Waals surface area contributed by atoms with Crippen LogP contribution in [-0.2, 0) is 11.3 Å². The van der Waals surface area contributed by atoms with Crippen LogP contribution < -0.4 is 10.6 Å². The molecule has 0 saturated heterocycles. The van der Waals surface area contributed by atoms with Crippen LogP contribution in [-0.4, -0.2) is 22.6 Å². The number of aromatic hydroxyl groups is 1. The summed E-state index contributed by atoms with van der Waals surface area (Å²) in [6.45, 7) is 8.11. The highest BCUT2D eigenvalue weighted by molar-refractivity contribution is 5.81. The SMILES string of the molecule is CC(NCc1ccccc1O)C(=O)NC(C)(C)C. The van der Waals surface area contributed by atoms with Gasteiger partial charge in [0.1, 0.15) is 5.75 Å². The number of nitrogens with one attached hydrogen (secondary N) is 2. The van der Waals surface area contributed by atoms with Crippen molar-refractivity contribution in [2.24, 2.45) is 0 Å². The van der Waals surface area contributed by atoms with Crippen molar-refractivity contribution in [3.8, 4) is 5.75 Å². The van der Waals surface area contributed by atoms with Gasteiger partial charge in [-0.05, 0) is 33.8 Å². The summed E-state index contributed by atoms with van der Waals surface area (Å²) < 4.78 is 0. The lowest BCUT2D eigenvalue weighted by molar-refractivity contribution is -0.124. The van der Waals surface area contributed by atoms with Crippen LogP contribution in [0.2, 0.25) is 0 Å². The Morgan fingerprint density at radius 3 is 2.50 bits per heavy atom. The topological polar surface area (TPSA) is 61.4 Å². The molecule has 0 aliphatic carbocycles. The molecule has 1 aromatic carbocycles. The molecule has 18 heavy (non-hydrogen) atoms. The molecule has 0 heterocycles. The molecular weight excluding hydrogens is 228 g/mol. The molecule has 0 radical (unpaired) electrons. The van der Waals surface area contributed by atoms with Crippen LogP contribution >= 0.6 is 0 Å². The molecule has 0 aliphatic rings. The maximum Gasteiger partial charge on any atom is 0.237 e.